The Balaban J connectivity index is 2.25. The van der Waals surface area contributed by atoms with Gasteiger partial charge in [0.25, 0.3) is 11.5 Å². The number of benzene rings is 1. The number of anilines is 2. The number of rotatable bonds is 3. The van der Waals surface area contributed by atoms with E-state index in [4.69, 9.17) is 5.73 Å². The van der Waals surface area contributed by atoms with Crippen LogP contribution in [0.2, 0.25) is 0 Å². The van der Waals surface area contributed by atoms with E-state index in [9.17, 15) is 14.0 Å². The summed E-state index contributed by atoms with van der Waals surface area (Å²) in [7, 11) is 0. The fourth-order valence-electron chi connectivity index (χ4n) is 1.80. The van der Waals surface area contributed by atoms with Crippen LogP contribution in [-0.4, -0.2) is 10.5 Å². The lowest BCUT2D eigenvalue weighted by Gasteiger charge is -2.08. The summed E-state index contributed by atoms with van der Waals surface area (Å²) in [6, 6.07) is 6.47. The lowest BCUT2D eigenvalue weighted by atomic mass is 10.2. The van der Waals surface area contributed by atoms with Gasteiger partial charge in [-0.3, -0.25) is 9.59 Å². The van der Waals surface area contributed by atoms with Gasteiger partial charge in [-0.25, -0.2) is 4.39 Å². The van der Waals surface area contributed by atoms with Crippen LogP contribution in [0.1, 0.15) is 17.3 Å². The number of halogens is 1. The molecular formula is C14H14FN3O2. The van der Waals surface area contributed by atoms with Gasteiger partial charge in [0, 0.05) is 30.1 Å². The second-order valence-corrected chi connectivity index (χ2v) is 4.27. The molecule has 1 amide bonds. The molecule has 6 heteroatoms. The van der Waals surface area contributed by atoms with Gasteiger partial charge in [-0.05, 0) is 31.2 Å². The first-order valence-electron chi connectivity index (χ1n) is 6.07. The highest BCUT2D eigenvalue weighted by molar-refractivity contribution is 6.04. The van der Waals surface area contributed by atoms with Crippen molar-refractivity contribution >= 4 is 17.3 Å². The maximum absolute atomic E-state index is 13.2. The van der Waals surface area contributed by atoms with E-state index in [0.29, 0.717) is 12.2 Å². The van der Waals surface area contributed by atoms with Gasteiger partial charge in [-0.1, -0.05) is 0 Å². The average Bonchev–Trinajstić information content (AvgIpc) is 2.39. The Morgan fingerprint density at radius 3 is 2.75 bits per heavy atom. The molecule has 0 unspecified atom stereocenters. The highest BCUT2D eigenvalue weighted by atomic mass is 19.1. The van der Waals surface area contributed by atoms with Gasteiger partial charge in [-0.2, -0.15) is 0 Å². The maximum Gasteiger partial charge on any atom is 0.255 e. The molecule has 1 aromatic carbocycles. The first kappa shape index (κ1) is 13.8. The van der Waals surface area contributed by atoms with E-state index in [2.05, 4.69) is 5.32 Å². The molecule has 104 valence electrons. The smallest absolute Gasteiger partial charge is 0.255 e. The Kier molecular flexibility index (Phi) is 3.84. The summed E-state index contributed by atoms with van der Waals surface area (Å²) in [4.78, 5) is 23.4. The molecule has 1 aromatic heterocycles. The van der Waals surface area contributed by atoms with Gasteiger partial charge in [0.1, 0.15) is 5.82 Å². The zero-order valence-corrected chi connectivity index (χ0v) is 10.9. The minimum atomic E-state index is -0.575. The highest BCUT2D eigenvalue weighted by Crippen LogP contribution is 2.13. The van der Waals surface area contributed by atoms with Gasteiger partial charge in [-0.15, -0.1) is 0 Å². The van der Waals surface area contributed by atoms with E-state index in [1.54, 1.807) is 0 Å². The molecule has 0 atom stereocenters. The largest absolute Gasteiger partial charge is 0.399 e. The van der Waals surface area contributed by atoms with Crippen LogP contribution >= 0.6 is 0 Å². The van der Waals surface area contributed by atoms with Crippen molar-refractivity contribution in [1.29, 1.82) is 0 Å². The third-order valence-corrected chi connectivity index (χ3v) is 2.76. The highest BCUT2D eigenvalue weighted by Gasteiger charge is 2.09. The number of nitrogens with zero attached hydrogens (tertiary/aromatic N) is 1. The van der Waals surface area contributed by atoms with E-state index in [1.807, 2.05) is 6.92 Å². The van der Waals surface area contributed by atoms with Crippen molar-refractivity contribution in [3.63, 3.8) is 0 Å². The lowest BCUT2D eigenvalue weighted by molar-refractivity contribution is 0.102. The Hall–Kier alpha value is -2.63. The Morgan fingerprint density at radius 1 is 1.35 bits per heavy atom. The molecule has 1 heterocycles. The molecule has 3 N–H and O–H groups in total. The standard InChI is InChI=1S/C14H14FN3O2/c1-2-18-8-12(3-4-13(18)19)17-14(20)9-5-10(15)7-11(16)6-9/h3-8H,2,16H2,1H3,(H,17,20). The zero-order valence-electron chi connectivity index (χ0n) is 10.9. The molecule has 0 radical (unpaired) electrons. The summed E-state index contributed by atoms with van der Waals surface area (Å²) in [6.45, 7) is 2.32. The van der Waals surface area contributed by atoms with Crippen molar-refractivity contribution in [3.05, 3.63) is 58.3 Å². The van der Waals surface area contributed by atoms with Gasteiger partial charge >= 0.3 is 0 Å². The number of carbonyl (C=O) groups is 1. The predicted molar refractivity (Wildman–Crippen MR) is 75.1 cm³/mol. The van der Waals surface area contributed by atoms with E-state index >= 15 is 0 Å². The molecule has 0 bridgehead atoms. The molecule has 5 nitrogen and oxygen atoms in total. The van der Waals surface area contributed by atoms with Crippen molar-refractivity contribution in [1.82, 2.24) is 4.57 Å². The number of pyridine rings is 1. The minimum absolute atomic E-state index is 0.122. The number of amides is 1. The van der Waals surface area contributed by atoms with Crippen molar-refractivity contribution < 1.29 is 9.18 Å². The van der Waals surface area contributed by atoms with Crippen molar-refractivity contribution in [2.75, 3.05) is 11.1 Å². The lowest BCUT2D eigenvalue weighted by Crippen LogP contribution is -2.19. The fraction of sp³-hybridized carbons (Fsp3) is 0.143. The van der Waals surface area contributed by atoms with Gasteiger partial charge in [0.05, 0.1) is 5.69 Å². The molecule has 0 aliphatic carbocycles. The molecule has 20 heavy (non-hydrogen) atoms. The second kappa shape index (κ2) is 5.56. The van der Waals surface area contributed by atoms with E-state index in [-0.39, 0.29) is 16.8 Å². The molecule has 0 saturated heterocycles. The Bertz CT molecular complexity index is 690. The van der Waals surface area contributed by atoms with Gasteiger partial charge < -0.3 is 15.6 Å². The minimum Gasteiger partial charge on any atom is -0.399 e. The third-order valence-electron chi connectivity index (χ3n) is 2.76. The van der Waals surface area contributed by atoms with Crippen LogP contribution in [0.25, 0.3) is 0 Å². The molecule has 0 aliphatic rings. The maximum atomic E-state index is 13.2. The fourth-order valence-corrected chi connectivity index (χ4v) is 1.80. The van der Waals surface area contributed by atoms with Crippen LogP contribution in [0.5, 0.6) is 0 Å². The van der Waals surface area contributed by atoms with Gasteiger partial charge in [0.2, 0.25) is 0 Å². The summed E-state index contributed by atoms with van der Waals surface area (Å²) in [5.74, 6) is -1.06. The number of nitrogen functional groups attached to an aromatic ring is 1. The topological polar surface area (TPSA) is 77.1 Å². The number of hydrogen-bond donors (Lipinski definition) is 2. The van der Waals surface area contributed by atoms with Crippen LogP contribution in [0.3, 0.4) is 0 Å². The summed E-state index contributed by atoms with van der Waals surface area (Å²) in [6.07, 6.45) is 1.53. The summed E-state index contributed by atoms with van der Waals surface area (Å²) in [5, 5.41) is 2.59. The average molecular weight is 275 g/mol. The first-order chi connectivity index (χ1) is 9.49. The van der Waals surface area contributed by atoms with Crippen molar-refractivity contribution in [3.8, 4) is 0 Å². The second-order valence-electron chi connectivity index (χ2n) is 4.27. The van der Waals surface area contributed by atoms with E-state index in [1.165, 1.54) is 29.0 Å². The number of hydrogen-bond acceptors (Lipinski definition) is 3. The number of carbonyl (C=O) groups excluding carboxylic acids is 1. The Morgan fingerprint density at radius 2 is 2.10 bits per heavy atom. The van der Waals surface area contributed by atoms with Crippen LogP contribution < -0.4 is 16.6 Å². The number of nitrogens with two attached hydrogens (primary N) is 1. The molecule has 0 fully saturated rings. The number of nitrogens with one attached hydrogen (secondary N) is 1. The van der Waals surface area contributed by atoms with Crippen molar-refractivity contribution in [2.24, 2.45) is 0 Å². The Labute approximate surface area is 114 Å². The predicted octanol–water partition coefficient (Wildman–Crippen LogP) is 1.84. The van der Waals surface area contributed by atoms with Crippen LogP contribution in [0.15, 0.2) is 41.3 Å². The monoisotopic (exact) mass is 275 g/mol. The quantitative estimate of drug-likeness (QED) is 0.839. The van der Waals surface area contributed by atoms with E-state index in [0.717, 1.165) is 12.1 Å². The summed E-state index contributed by atoms with van der Waals surface area (Å²) in [5.41, 5.74) is 6.09. The summed E-state index contributed by atoms with van der Waals surface area (Å²) < 4.78 is 14.6. The molecular weight excluding hydrogens is 261 g/mol. The first-order valence-corrected chi connectivity index (χ1v) is 6.07. The third kappa shape index (κ3) is 3.03. The number of aromatic nitrogens is 1. The molecule has 2 rings (SSSR count). The normalized spacial score (nSPS) is 10.3. The molecule has 0 aliphatic heterocycles. The summed E-state index contributed by atoms with van der Waals surface area (Å²) >= 11 is 0. The zero-order chi connectivity index (χ0) is 14.7. The van der Waals surface area contributed by atoms with E-state index < -0.39 is 11.7 Å². The molecule has 0 spiro atoms. The van der Waals surface area contributed by atoms with Gasteiger partial charge in [0.15, 0.2) is 0 Å². The van der Waals surface area contributed by atoms with Crippen LogP contribution in [0.4, 0.5) is 15.8 Å². The number of aryl methyl sites for hydroxylation is 1. The van der Waals surface area contributed by atoms with Crippen LogP contribution in [0, 0.1) is 5.82 Å². The molecule has 2 aromatic rings. The SMILES string of the molecule is CCn1cc(NC(=O)c2cc(N)cc(F)c2)ccc1=O. The van der Waals surface area contributed by atoms with Crippen LogP contribution in [-0.2, 0) is 6.54 Å². The molecule has 0 saturated carbocycles. The van der Waals surface area contributed by atoms with Crippen molar-refractivity contribution in [2.45, 2.75) is 13.5 Å².